The molecule has 0 saturated heterocycles. The molecule has 1 N–H and O–H groups in total. The van der Waals surface area contributed by atoms with Gasteiger partial charge in [0.25, 0.3) is 0 Å². The highest BCUT2D eigenvalue weighted by atomic mass is 32.1. The molecule has 1 aromatic heterocycles. The molecule has 116 valence electrons. The maximum Gasteiger partial charge on any atom is 0.0941 e. The van der Waals surface area contributed by atoms with Gasteiger partial charge in [0.15, 0.2) is 0 Å². The molecular formula is C16H31N3S. The third-order valence-corrected chi connectivity index (χ3v) is 5.26. The van der Waals surface area contributed by atoms with Crippen molar-refractivity contribution in [1.29, 1.82) is 0 Å². The Bertz CT molecular complexity index is 349. The summed E-state index contributed by atoms with van der Waals surface area (Å²) in [5.74, 6) is 0. The van der Waals surface area contributed by atoms with Gasteiger partial charge in [0.2, 0.25) is 0 Å². The Morgan fingerprint density at radius 1 is 1.30 bits per heavy atom. The van der Waals surface area contributed by atoms with Crippen LogP contribution in [0.2, 0.25) is 0 Å². The van der Waals surface area contributed by atoms with Crippen molar-refractivity contribution in [1.82, 2.24) is 15.2 Å². The standard InChI is InChI=1S/C16H31N3S/c1-6-10-17-14(13-15-18-11-12-20-15)16(5,7-2)19(8-3)9-4/h11-12,14,17H,6-10,13H2,1-5H3. The van der Waals surface area contributed by atoms with Gasteiger partial charge in [-0.1, -0.05) is 27.7 Å². The van der Waals surface area contributed by atoms with Crippen molar-refractivity contribution >= 4 is 11.3 Å². The largest absolute Gasteiger partial charge is 0.312 e. The van der Waals surface area contributed by atoms with Gasteiger partial charge in [0.05, 0.1) is 5.01 Å². The van der Waals surface area contributed by atoms with Gasteiger partial charge >= 0.3 is 0 Å². The molecule has 2 unspecified atom stereocenters. The van der Waals surface area contributed by atoms with Crippen LogP contribution in [0.25, 0.3) is 0 Å². The summed E-state index contributed by atoms with van der Waals surface area (Å²) in [6.45, 7) is 14.7. The lowest BCUT2D eigenvalue weighted by molar-refractivity contribution is 0.0700. The van der Waals surface area contributed by atoms with Gasteiger partial charge in [-0.05, 0) is 39.4 Å². The lowest BCUT2D eigenvalue weighted by atomic mass is 9.85. The van der Waals surface area contributed by atoms with E-state index in [1.54, 1.807) is 11.3 Å². The van der Waals surface area contributed by atoms with Gasteiger partial charge in [-0.15, -0.1) is 11.3 Å². The molecule has 0 aliphatic heterocycles. The van der Waals surface area contributed by atoms with Gasteiger partial charge < -0.3 is 5.32 Å². The van der Waals surface area contributed by atoms with Gasteiger partial charge in [0, 0.05) is 29.6 Å². The van der Waals surface area contributed by atoms with E-state index in [1.165, 1.54) is 11.4 Å². The number of thiazole rings is 1. The quantitative estimate of drug-likeness (QED) is 0.715. The van der Waals surface area contributed by atoms with Crippen LogP contribution in [-0.4, -0.2) is 41.1 Å². The molecule has 1 heterocycles. The van der Waals surface area contributed by atoms with Crippen LogP contribution < -0.4 is 5.32 Å². The minimum atomic E-state index is 0.185. The summed E-state index contributed by atoms with van der Waals surface area (Å²) in [6, 6.07) is 0.457. The summed E-state index contributed by atoms with van der Waals surface area (Å²) in [5, 5.41) is 7.09. The molecule has 0 radical (unpaired) electrons. The molecule has 0 aliphatic carbocycles. The Kier molecular flexibility index (Phi) is 7.70. The number of hydrogen-bond acceptors (Lipinski definition) is 4. The highest BCUT2D eigenvalue weighted by Crippen LogP contribution is 2.26. The topological polar surface area (TPSA) is 28.2 Å². The minimum Gasteiger partial charge on any atom is -0.312 e. The van der Waals surface area contributed by atoms with E-state index in [0.717, 1.165) is 32.5 Å². The Morgan fingerprint density at radius 2 is 2.00 bits per heavy atom. The molecule has 0 fully saturated rings. The number of hydrogen-bond donors (Lipinski definition) is 1. The average Bonchev–Trinajstić information content (AvgIpc) is 2.97. The first-order chi connectivity index (χ1) is 9.62. The molecule has 1 rings (SSSR count). The summed E-state index contributed by atoms with van der Waals surface area (Å²) in [5.41, 5.74) is 0.185. The van der Waals surface area contributed by atoms with E-state index in [0.29, 0.717) is 6.04 Å². The zero-order chi connectivity index (χ0) is 15.0. The third-order valence-electron chi connectivity index (χ3n) is 4.46. The van der Waals surface area contributed by atoms with Crippen LogP contribution >= 0.6 is 11.3 Å². The Hall–Kier alpha value is -0.450. The van der Waals surface area contributed by atoms with E-state index in [4.69, 9.17) is 0 Å². The van der Waals surface area contributed by atoms with Crippen molar-refractivity contribution in [3.05, 3.63) is 16.6 Å². The number of nitrogens with zero attached hydrogens (tertiary/aromatic N) is 2. The van der Waals surface area contributed by atoms with E-state index in [-0.39, 0.29) is 5.54 Å². The lowest BCUT2D eigenvalue weighted by Crippen LogP contribution is -2.60. The second kappa shape index (κ2) is 8.75. The van der Waals surface area contributed by atoms with Crippen molar-refractivity contribution in [2.75, 3.05) is 19.6 Å². The molecular weight excluding hydrogens is 266 g/mol. The zero-order valence-electron chi connectivity index (χ0n) is 13.8. The van der Waals surface area contributed by atoms with Crippen molar-refractivity contribution in [3.8, 4) is 0 Å². The van der Waals surface area contributed by atoms with Crippen molar-refractivity contribution in [2.24, 2.45) is 0 Å². The predicted octanol–water partition coefficient (Wildman–Crippen LogP) is 3.56. The van der Waals surface area contributed by atoms with Gasteiger partial charge in [-0.25, -0.2) is 4.98 Å². The first-order valence-electron chi connectivity index (χ1n) is 7.99. The molecule has 20 heavy (non-hydrogen) atoms. The van der Waals surface area contributed by atoms with Crippen LogP contribution in [0.3, 0.4) is 0 Å². The van der Waals surface area contributed by atoms with Gasteiger partial charge in [0.1, 0.15) is 0 Å². The maximum atomic E-state index is 4.48. The van der Waals surface area contributed by atoms with E-state index >= 15 is 0 Å². The van der Waals surface area contributed by atoms with E-state index in [9.17, 15) is 0 Å². The molecule has 3 nitrogen and oxygen atoms in total. The van der Waals surface area contributed by atoms with Crippen LogP contribution in [0, 0.1) is 0 Å². The second-order valence-corrected chi connectivity index (χ2v) is 6.50. The fourth-order valence-corrected chi connectivity index (χ4v) is 3.66. The van der Waals surface area contributed by atoms with E-state index < -0.39 is 0 Å². The number of likely N-dealkylation sites (N-methyl/N-ethyl adjacent to an activating group) is 1. The summed E-state index contributed by atoms with van der Waals surface area (Å²) in [4.78, 5) is 7.07. The van der Waals surface area contributed by atoms with Crippen LogP contribution in [0.1, 0.15) is 52.5 Å². The van der Waals surface area contributed by atoms with E-state index in [1.807, 2.05) is 6.20 Å². The summed E-state index contributed by atoms with van der Waals surface area (Å²) in [6.07, 6.45) is 5.27. The molecule has 0 aliphatic rings. The van der Waals surface area contributed by atoms with Crippen LogP contribution in [0.4, 0.5) is 0 Å². The summed E-state index contributed by atoms with van der Waals surface area (Å²) < 4.78 is 0. The molecule has 0 amide bonds. The highest BCUT2D eigenvalue weighted by molar-refractivity contribution is 7.09. The van der Waals surface area contributed by atoms with Gasteiger partial charge in [-0.2, -0.15) is 0 Å². The first-order valence-corrected chi connectivity index (χ1v) is 8.87. The predicted molar refractivity (Wildman–Crippen MR) is 89.5 cm³/mol. The summed E-state index contributed by atoms with van der Waals surface area (Å²) in [7, 11) is 0. The Morgan fingerprint density at radius 3 is 2.45 bits per heavy atom. The fraction of sp³-hybridized carbons (Fsp3) is 0.812. The van der Waals surface area contributed by atoms with Crippen LogP contribution in [0.15, 0.2) is 11.6 Å². The van der Waals surface area contributed by atoms with Gasteiger partial charge in [-0.3, -0.25) is 4.90 Å². The Labute approximate surface area is 128 Å². The van der Waals surface area contributed by atoms with Crippen LogP contribution in [-0.2, 0) is 6.42 Å². The van der Waals surface area contributed by atoms with Crippen molar-refractivity contribution < 1.29 is 0 Å². The number of nitrogens with one attached hydrogen (secondary N) is 1. The Balaban J connectivity index is 2.92. The SMILES string of the molecule is CCCNC(Cc1nccs1)C(C)(CC)N(CC)CC. The monoisotopic (exact) mass is 297 g/mol. The molecule has 0 spiro atoms. The third kappa shape index (κ3) is 4.27. The zero-order valence-corrected chi connectivity index (χ0v) is 14.6. The number of aromatic nitrogens is 1. The van der Waals surface area contributed by atoms with E-state index in [2.05, 4.69) is 55.2 Å². The van der Waals surface area contributed by atoms with Crippen molar-refractivity contribution in [3.63, 3.8) is 0 Å². The molecule has 0 saturated carbocycles. The second-order valence-electron chi connectivity index (χ2n) is 5.52. The molecule has 2 atom stereocenters. The minimum absolute atomic E-state index is 0.185. The molecule has 0 aromatic carbocycles. The normalized spacial score (nSPS) is 16.3. The number of rotatable bonds is 10. The molecule has 0 bridgehead atoms. The van der Waals surface area contributed by atoms with Crippen molar-refractivity contribution in [2.45, 2.75) is 65.5 Å². The first kappa shape index (κ1) is 17.6. The van der Waals surface area contributed by atoms with Crippen LogP contribution in [0.5, 0.6) is 0 Å². The fourth-order valence-electron chi connectivity index (χ4n) is 3.00. The summed E-state index contributed by atoms with van der Waals surface area (Å²) >= 11 is 1.77. The molecule has 4 heteroatoms. The highest BCUT2D eigenvalue weighted by Gasteiger charge is 2.36. The maximum absolute atomic E-state index is 4.48. The average molecular weight is 298 g/mol. The smallest absolute Gasteiger partial charge is 0.0941 e. The molecule has 1 aromatic rings. The lowest BCUT2D eigenvalue weighted by Gasteiger charge is -2.46.